The molecule has 0 amide bonds. The SMILES string of the molecule is O=C(O)C[S][Ge@@]1([c]2ccccc2)[O]C(=O)C[S]1. The summed E-state index contributed by atoms with van der Waals surface area (Å²) in [6.07, 6.45) is 0. The van der Waals surface area contributed by atoms with E-state index in [1.165, 1.54) is 20.2 Å². The third-order valence-electron chi connectivity index (χ3n) is 2.14. The van der Waals surface area contributed by atoms with Gasteiger partial charge in [-0.05, 0) is 0 Å². The Hall–Kier alpha value is -0.597. The Morgan fingerprint density at radius 1 is 1.47 bits per heavy atom. The van der Waals surface area contributed by atoms with Gasteiger partial charge in [0, 0.05) is 0 Å². The quantitative estimate of drug-likeness (QED) is 0.829. The van der Waals surface area contributed by atoms with E-state index in [1.807, 2.05) is 30.3 Å². The third-order valence-corrected chi connectivity index (χ3v) is 20.5. The molecule has 0 saturated carbocycles. The molecular formula is C10H10GeO4S2. The van der Waals surface area contributed by atoms with Gasteiger partial charge in [-0.1, -0.05) is 0 Å². The zero-order valence-electron chi connectivity index (χ0n) is 8.79. The van der Waals surface area contributed by atoms with Crippen LogP contribution < -0.4 is 4.40 Å². The summed E-state index contributed by atoms with van der Waals surface area (Å²) in [4.78, 5) is 22.0. The first kappa shape index (κ1) is 12.8. The van der Waals surface area contributed by atoms with Crippen LogP contribution in [0.25, 0.3) is 0 Å². The second-order valence-electron chi connectivity index (χ2n) is 3.37. The van der Waals surface area contributed by atoms with Gasteiger partial charge in [0.25, 0.3) is 0 Å². The normalized spacial score (nSPS) is 23.4. The number of hydrogen-bond donors (Lipinski definition) is 1. The van der Waals surface area contributed by atoms with Gasteiger partial charge in [0.15, 0.2) is 0 Å². The Balaban J connectivity index is 2.25. The standard InChI is InChI=1S/C10H10GeO4S2/c12-9(13)6-16-11(15-10(14)7-17-11)8-4-2-1-3-5-8/h1-5H,6-7H2,(H,12,13)/t11-/m1/s1. The van der Waals surface area contributed by atoms with Crippen molar-refractivity contribution in [2.75, 3.05) is 11.5 Å². The molecule has 1 fully saturated rings. The molecule has 0 unspecified atom stereocenters. The summed E-state index contributed by atoms with van der Waals surface area (Å²) >= 11 is -3.10. The van der Waals surface area contributed by atoms with E-state index in [2.05, 4.69) is 0 Å². The van der Waals surface area contributed by atoms with E-state index in [4.69, 9.17) is 8.87 Å². The molecule has 2 rings (SSSR count). The Morgan fingerprint density at radius 3 is 2.71 bits per heavy atom. The summed E-state index contributed by atoms with van der Waals surface area (Å²) in [7, 11) is 2.81. The van der Waals surface area contributed by atoms with Crippen molar-refractivity contribution >= 4 is 47.8 Å². The van der Waals surface area contributed by atoms with Crippen LogP contribution in [0.3, 0.4) is 0 Å². The van der Waals surface area contributed by atoms with Crippen molar-refractivity contribution in [3.8, 4) is 0 Å². The molecule has 1 aromatic carbocycles. The Morgan fingerprint density at radius 2 is 2.18 bits per heavy atom. The zero-order valence-corrected chi connectivity index (χ0v) is 12.5. The third kappa shape index (κ3) is 2.99. The zero-order chi connectivity index (χ0) is 12.3. The van der Waals surface area contributed by atoms with Gasteiger partial charge in [-0.25, -0.2) is 0 Å². The first-order chi connectivity index (χ1) is 8.12. The minimum absolute atomic E-state index is 0.0187. The summed E-state index contributed by atoms with van der Waals surface area (Å²) in [5.74, 6) is -0.785. The van der Waals surface area contributed by atoms with E-state index in [0.717, 1.165) is 4.40 Å². The molecule has 0 bridgehead atoms. The van der Waals surface area contributed by atoms with E-state index < -0.39 is 17.3 Å². The van der Waals surface area contributed by atoms with Crippen LogP contribution in [0.2, 0.25) is 0 Å². The summed E-state index contributed by atoms with van der Waals surface area (Å²) in [5.41, 5.74) is 0. The molecule has 90 valence electrons. The predicted octanol–water partition coefficient (Wildman–Crippen LogP) is 0.940. The molecule has 1 aliphatic rings. The van der Waals surface area contributed by atoms with Crippen LogP contribution in [0, 0.1) is 0 Å². The molecule has 17 heavy (non-hydrogen) atoms. The molecule has 1 heterocycles. The maximum absolute atomic E-state index is 11.3. The molecule has 0 aromatic heterocycles. The number of carbonyl (C=O) groups excluding carboxylic acids is 1. The molecule has 0 aliphatic carbocycles. The van der Waals surface area contributed by atoms with Crippen LogP contribution in [0.15, 0.2) is 30.3 Å². The number of carboxylic acids is 1. The van der Waals surface area contributed by atoms with E-state index in [9.17, 15) is 9.59 Å². The molecule has 1 atom stereocenters. The van der Waals surface area contributed by atoms with Gasteiger partial charge in [0.05, 0.1) is 0 Å². The van der Waals surface area contributed by atoms with Gasteiger partial charge >= 0.3 is 108 Å². The van der Waals surface area contributed by atoms with Crippen molar-refractivity contribution in [3.63, 3.8) is 0 Å². The van der Waals surface area contributed by atoms with Crippen molar-refractivity contribution in [2.45, 2.75) is 0 Å². The number of carbonyl (C=O) groups is 2. The fourth-order valence-corrected chi connectivity index (χ4v) is 18.0. The number of hydrogen-bond acceptors (Lipinski definition) is 5. The molecule has 7 heteroatoms. The Labute approximate surface area is 108 Å². The van der Waals surface area contributed by atoms with Crippen LogP contribution in [-0.4, -0.2) is 39.9 Å². The van der Waals surface area contributed by atoms with E-state index in [1.54, 1.807) is 0 Å². The number of rotatable bonds is 4. The topological polar surface area (TPSA) is 63.6 Å². The second kappa shape index (κ2) is 5.37. The number of carboxylic acid groups (broad SMARTS) is 1. The van der Waals surface area contributed by atoms with Crippen molar-refractivity contribution in [3.05, 3.63) is 30.3 Å². The second-order valence-corrected chi connectivity index (χ2v) is 19.4. The number of aliphatic carboxylic acids is 1. The van der Waals surface area contributed by atoms with Crippen molar-refractivity contribution in [1.82, 2.24) is 0 Å². The summed E-state index contributed by atoms with van der Waals surface area (Å²) in [5, 5.41) is 8.76. The van der Waals surface area contributed by atoms with Gasteiger partial charge in [0.2, 0.25) is 0 Å². The maximum atomic E-state index is 11.3. The van der Waals surface area contributed by atoms with Gasteiger partial charge in [0.1, 0.15) is 0 Å². The molecule has 1 N–H and O–H groups in total. The molecule has 0 spiro atoms. The first-order valence-corrected chi connectivity index (χ1v) is 13.9. The van der Waals surface area contributed by atoms with Gasteiger partial charge in [-0.2, -0.15) is 0 Å². The monoisotopic (exact) mass is 332 g/mol. The van der Waals surface area contributed by atoms with Crippen molar-refractivity contribution < 1.29 is 18.5 Å². The Bertz CT molecular complexity index is 439. The molecule has 4 nitrogen and oxygen atoms in total. The van der Waals surface area contributed by atoms with Gasteiger partial charge in [-0.15, -0.1) is 0 Å². The summed E-state index contributed by atoms with van der Waals surface area (Å²) in [6.45, 7) is 0. The van der Waals surface area contributed by atoms with Crippen LogP contribution in [0.4, 0.5) is 0 Å². The Kier molecular flexibility index (Phi) is 4.06. The average molecular weight is 331 g/mol. The van der Waals surface area contributed by atoms with Gasteiger partial charge in [-0.3, -0.25) is 0 Å². The fraction of sp³-hybridized carbons (Fsp3) is 0.200. The van der Waals surface area contributed by atoms with E-state index in [0.29, 0.717) is 5.75 Å². The molecule has 0 radical (unpaired) electrons. The van der Waals surface area contributed by atoms with E-state index >= 15 is 0 Å². The minimum atomic E-state index is -3.10. The number of benzene rings is 1. The molecule has 1 aliphatic heterocycles. The average Bonchev–Trinajstić information content (AvgIpc) is 2.71. The molecule has 1 aromatic rings. The summed E-state index contributed by atoms with van der Waals surface area (Å²) in [6, 6.07) is 9.50. The van der Waals surface area contributed by atoms with Crippen LogP contribution in [0.5, 0.6) is 0 Å². The predicted molar refractivity (Wildman–Crippen MR) is 70.5 cm³/mol. The van der Waals surface area contributed by atoms with Crippen molar-refractivity contribution in [2.24, 2.45) is 0 Å². The van der Waals surface area contributed by atoms with Crippen LogP contribution >= 0.6 is 20.2 Å². The van der Waals surface area contributed by atoms with Gasteiger partial charge < -0.3 is 0 Å². The molecular weight excluding hydrogens is 321 g/mol. The van der Waals surface area contributed by atoms with Crippen LogP contribution in [-0.2, 0) is 13.4 Å². The summed E-state index contributed by atoms with van der Waals surface area (Å²) < 4.78 is 6.49. The fourth-order valence-electron chi connectivity index (χ4n) is 1.46. The van der Waals surface area contributed by atoms with E-state index in [-0.39, 0.29) is 11.7 Å². The van der Waals surface area contributed by atoms with Crippen molar-refractivity contribution in [1.29, 1.82) is 0 Å². The van der Waals surface area contributed by atoms with Crippen LogP contribution in [0.1, 0.15) is 0 Å². The molecule has 1 saturated heterocycles. The first-order valence-electron chi connectivity index (χ1n) is 4.89.